The Labute approximate surface area is 264 Å². The largest absolute Gasteiger partial charge is 0.508 e. The van der Waals surface area contributed by atoms with E-state index < -0.39 is 28.9 Å². The molecule has 3 atom stereocenters. The van der Waals surface area contributed by atoms with Crippen molar-refractivity contribution >= 4 is 27.5 Å². The molecule has 46 heavy (non-hydrogen) atoms. The number of aromatic hydroxyl groups is 1. The lowest BCUT2D eigenvalue weighted by Gasteiger charge is -2.43. The van der Waals surface area contributed by atoms with Crippen LogP contribution in [0.2, 0.25) is 0 Å². The van der Waals surface area contributed by atoms with Crippen LogP contribution in [0.5, 0.6) is 11.8 Å². The smallest absolute Gasteiger partial charge is 0.319 e. The first kappa shape index (κ1) is 30.5. The number of rotatable bonds is 7. The second kappa shape index (κ2) is 11.6. The SMILES string of the molecule is C#Cc1c(F)ccc2cc(O)cc(-c3ncc4c(N5CCNC(CC)(CO)C5)nc(OC[C@@]56CCCN5C[C@H](F)C6)nc4c3F)c12. The minimum absolute atomic E-state index is 0.0668. The number of ether oxygens (including phenoxy) is 1. The summed E-state index contributed by atoms with van der Waals surface area (Å²) in [5.41, 5.74) is -1.30. The molecule has 0 amide bonds. The van der Waals surface area contributed by atoms with Crippen LogP contribution in [0.25, 0.3) is 32.9 Å². The number of alkyl halides is 1. The molecule has 2 aromatic carbocycles. The van der Waals surface area contributed by atoms with Crippen LogP contribution in [0.15, 0.2) is 30.5 Å². The number of piperazine rings is 1. The fourth-order valence-corrected chi connectivity index (χ4v) is 7.51. The molecule has 12 heteroatoms. The number of anilines is 1. The second-order valence-electron chi connectivity index (χ2n) is 12.7. The molecule has 240 valence electrons. The van der Waals surface area contributed by atoms with Crippen molar-refractivity contribution in [3.8, 4) is 35.4 Å². The highest BCUT2D eigenvalue weighted by molar-refractivity contribution is 6.03. The summed E-state index contributed by atoms with van der Waals surface area (Å²) in [7, 11) is 0. The zero-order valence-corrected chi connectivity index (χ0v) is 25.5. The molecule has 5 heterocycles. The third-order valence-electron chi connectivity index (χ3n) is 9.98. The summed E-state index contributed by atoms with van der Waals surface area (Å²) in [4.78, 5) is 17.8. The van der Waals surface area contributed by atoms with Crippen LogP contribution >= 0.6 is 0 Å². The number of phenols is 1. The van der Waals surface area contributed by atoms with Gasteiger partial charge in [0, 0.05) is 49.7 Å². The average Bonchev–Trinajstić information content (AvgIpc) is 3.59. The van der Waals surface area contributed by atoms with Crippen molar-refractivity contribution < 1.29 is 28.1 Å². The zero-order chi connectivity index (χ0) is 32.2. The maximum absolute atomic E-state index is 16.8. The maximum atomic E-state index is 16.8. The molecule has 0 spiro atoms. The third kappa shape index (κ3) is 4.98. The predicted octanol–water partition coefficient (Wildman–Crippen LogP) is 4.32. The van der Waals surface area contributed by atoms with Crippen molar-refractivity contribution in [2.45, 2.75) is 49.9 Å². The lowest BCUT2D eigenvalue weighted by molar-refractivity contribution is 0.107. The molecule has 9 nitrogen and oxygen atoms in total. The Kier molecular flexibility index (Phi) is 7.66. The molecule has 2 aromatic heterocycles. The first-order valence-corrected chi connectivity index (χ1v) is 15.6. The fourth-order valence-electron chi connectivity index (χ4n) is 7.51. The van der Waals surface area contributed by atoms with Gasteiger partial charge in [0.15, 0.2) is 5.82 Å². The number of pyridine rings is 1. The topological polar surface area (TPSA) is 107 Å². The minimum Gasteiger partial charge on any atom is -0.508 e. The number of phenolic OH excluding ortho intramolecular Hbond substituents is 1. The Morgan fingerprint density at radius 1 is 1.22 bits per heavy atom. The maximum Gasteiger partial charge on any atom is 0.319 e. The zero-order valence-electron chi connectivity index (χ0n) is 25.5. The molecule has 7 rings (SSSR count). The van der Waals surface area contributed by atoms with Gasteiger partial charge in [-0.1, -0.05) is 18.9 Å². The number of aliphatic hydroxyl groups excluding tert-OH is 1. The third-order valence-corrected chi connectivity index (χ3v) is 9.98. The molecule has 3 N–H and O–H groups in total. The van der Waals surface area contributed by atoms with Crippen LogP contribution in [0, 0.1) is 24.0 Å². The van der Waals surface area contributed by atoms with E-state index >= 15 is 4.39 Å². The number of aromatic nitrogens is 3. The number of halogens is 3. The standard InChI is InChI=1S/C34H35F3N6O3/c1-3-23-26(36)7-6-20-12-22(45)13-24(27(20)23)29-28(37)30-25(15-38-29)31(42-11-9-39-33(4-2,17-42)18-44)41-32(40-30)46-19-34-8-5-10-43(34)16-21(35)14-34/h1,6-7,12-13,15,21,39,44-45H,4-5,8-11,14,16-19H2,2H3/t21-,33?,34+/m1/s1. The highest BCUT2D eigenvalue weighted by Crippen LogP contribution is 2.42. The Morgan fingerprint density at radius 2 is 2.07 bits per heavy atom. The van der Waals surface area contributed by atoms with Gasteiger partial charge in [-0.2, -0.15) is 9.97 Å². The number of nitrogens with one attached hydrogen (secondary N) is 1. The summed E-state index contributed by atoms with van der Waals surface area (Å²) in [5.74, 6) is 1.08. The molecule has 3 aliphatic heterocycles. The van der Waals surface area contributed by atoms with Crippen molar-refractivity contribution in [2.75, 3.05) is 50.8 Å². The monoisotopic (exact) mass is 632 g/mol. The Morgan fingerprint density at radius 3 is 2.85 bits per heavy atom. The highest BCUT2D eigenvalue weighted by Gasteiger charge is 2.49. The molecule has 0 aliphatic carbocycles. The molecule has 3 fully saturated rings. The normalized spacial score (nSPS) is 24.9. The summed E-state index contributed by atoms with van der Waals surface area (Å²) in [6.07, 6.45) is 8.88. The number of hydrogen-bond donors (Lipinski definition) is 3. The molecular formula is C34H35F3N6O3. The first-order valence-electron chi connectivity index (χ1n) is 15.6. The first-order chi connectivity index (χ1) is 22.2. The van der Waals surface area contributed by atoms with Gasteiger partial charge in [-0.25, -0.2) is 13.2 Å². The molecule has 3 saturated heterocycles. The van der Waals surface area contributed by atoms with Crippen molar-refractivity contribution in [2.24, 2.45) is 0 Å². The van der Waals surface area contributed by atoms with Gasteiger partial charge in [-0.3, -0.25) is 9.88 Å². The van der Waals surface area contributed by atoms with Gasteiger partial charge in [0.2, 0.25) is 0 Å². The minimum atomic E-state index is -0.945. The molecule has 0 radical (unpaired) electrons. The number of terminal acetylenes is 1. The lowest BCUT2D eigenvalue weighted by Crippen LogP contribution is -2.62. The van der Waals surface area contributed by atoms with E-state index in [4.69, 9.17) is 16.1 Å². The second-order valence-corrected chi connectivity index (χ2v) is 12.7. The lowest BCUT2D eigenvalue weighted by atomic mass is 9.94. The van der Waals surface area contributed by atoms with Gasteiger partial charge in [0.1, 0.15) is 41.4 Å². The summed E-state index contributed by atoms with van der Waals surface area (Å²) in [5, 5.41) is 25.1. The molecular weight excluding hydrogens is 597 g/mol. The van der Waals surface area contributed by atoms with Crippen molar-refractivity contribution in [3.05, 3.63) is 47.7 Å². The fraction of sp³-hybridized carbons (Fsp3) is 0.441. The predicted molar refractivity (Wildman–Crippen MR) is 169 cm³/mol. The van der Waals surface area contributed by atoms with Gasteiger partial charge in [-0.05, 0) is 49.4 Å². The summed E-state index contributed by atoms with van der Waals surface area (Å²) >= 11 is 0. The van der Waals surface area contributed by atoms with Gasteiger partial charge in [0.05, 0.1) is 28.6 Å². The van der Waals surface area contributed by atoms with E-state index in [1.165, 1.54) is 30.5 Å². The Balaban J connectivity index is 1.39. The summed E-state index contributed by atoms with van der Waals surface area (Å²) < 4.78 is 52.3. The van der Waals surface area contributed by atoms with E-state index in [2.05, 4.69) is 26.1 Å². The van der Waals surface area contributed by atoms with Crippen LogP contribution in [-0.4, -0.2) is 93.3 Å². The number of hydrogen-bond acceptors (Lipinski definition) is 9. The van der Waals surface area contributed by atoms with E-state index in [1.807, 2.05) is 11.8 Å². The number of benzene rings is 2. The molecule has 1 unspecified atom stereocenters. The van der Waals surface area contributed by atoms with Crippen molar-refractivity contribution in [1.29, 1.82) is 0 Å². The van der Waals surface area contributed by atoms with Gasteiger partial charge in [0.25, 0.3) is 0 Å². The van der Waals surface area contributed by atoms with Gasteiger partial charge >= 0.3 is 6.01 Å². The molecule has 0 bridgehead atoms. The molecule has 3 aliphatic rings. The van der Waals surface area contributed by atoms with E-state index in [1.54, 1.807) is 0 Å². The van der Waals surface area contributed by atoms with Crippen LogP contribution in [-0.2, 0) is 0 Å². The van der Waals surface area contributed by atoms with Crippen LogP contribution in [0.1, 0.15) is 38.2 Å². The molecule has 4 aromatic rings. The van der Waals surface area contributed by atoms with E-state index in [0.717, 1.165) is 19.4 Å². The van der Waals surface area contributed by atoms with E-state index in [9.17, 15) is 19.0 Å². The van der Waals surface area contributed by atoms with Crippen LogP contribution < -0.4 is 15.0 Å². The van der Waals surface area contributed by atoms with Crippen LogP contribution in [0.4, 0.5) is 19.0 Å². The van der Waals surface area contributed by atoms with Gasteiger partial charge < -0.3 is 25.2 Å². The molecule has 0 saturated carbocycles. The number of aliphatic hydroxyl groups is 1. The number of fused-ring (bicyclic) bond motifs is 3. The number of nitrogens with zero attached hydrogens (tertiary/aromatic N) is 5. The van der Waals surface area contributed by atoms with E-state index in [0.29, 0.717) is 55.6 Å². The van der Waals surface area contributed by atoms with Crippen molar-refractivity contribution in [3.63, 3.8) is 0 Å². The average molecular weight is 633 g/mol. The highest BCUT2D eigenvalue weighted by atomic mass is 19.1. The Hall–Kier alpha value is -4.18. The Bertz CT molecular complexity index is 1880. The quantitative estimate of drug-likeness (QED) is 0.257. The summed E-state index contributed by atoms with van der Waals surface area (Å²) in [6.45, 7) is 4.62. The van der Waals surface area contributed by atoms with Crippen molar-refractivity contribution in [1.82, 2.24) is 25.2 Å². The van der Waals surface area contributed by atoms with E-state index in [-0.39, 0.29) is 52.7 Å². The van der Waals surface area contributed by atoms with Gasteiger partial charge in [-0.15, -0.1) is 6.42 Å². The van der Waals surface area contributed by atoms with Crippen LogP contribution in [0.3, 0.4) is 0 Å². The summed E-state index contributed by atoms with van der Waals surface area (Å²) in [6, 6.07) is 5.32.